The molecule has 7 heteroatoms. The Balaban J connectivity index is 2.14. The van der Waals surface area contributed by atoms with Crippen molar-refractivity contribution < 1.29 is 23.9 Å². The largest absolute Gasteiger partial charge is 0.491 e. The number of amides is 2. The third-order valence-electron chi connectivity index (χ3n) is 2.69. The lowest BCUT2D eigenvalue weighted by Gasteiger charge is -2.20. The van der Waals surface area contributed by atoms with Gasteiger partial charge in [0.25, 0.3) is 5.91 Å². The Kier molecular flexibility index (Phi) is 4.19. The van der Waals surface area contributed by atoms with Crippen molar-refractivity contribution in [2.45, 2.75) is 6.42 Å². The van der Waals surface area contributed by atoms with Crippen LogP contribution in [0, 0.1) is 0 Å². The van der Waals surface area contributed by atoms with Crippen LogP contribution in [0.25, 0.3) is 0 Å². The van der Waals surface area contributed by atoms with Crippen molar-refractivity contribution in [1.82, 2.24) is 0 Å². The van der Waals surface area contributed by atoms with Gasteiger partial charge in [0.1, 0.15) is 12.3 Å². The number of ether oxygens (including phenoxy) is 2. The van der Waals surface area contributed by atoms with Crippen molar-refractivity contribution in [3.05, 3.63) is 24.3 Å². The molecule has 0 radical (unpaired) electrons. The van der Waals surface area contributed by atoms with Gasteiger partial charge in [-0.05, 0) is 12.1 Å². The van der Waals surface area contributed by atoms with Crippen LogP contribution in [0.4, 0.5) is 5.69 Å². The molecule has 0 saturated carbocycles. The summed E-state index contributed by atoms with van der Waals surface area (Å²) in [6.45, 7) is -0.534. The number of primary amides is 1. The normalized spacial score (nSPS) is 14.0. The molecule has 0 spiro atoms. The number of para-hydroxylation sites is 2. The number of carbonyl (C=O) groups excluding carboxylic acids is 3. The zero-order chi connectivity index (χ0) is 14.5. The molecule has 1 aromatic carbocycles. The number of esters is 1. The Labute approximate surface area is 115 Å². The summed E-state index contributed by atoms with van der Waals surface area (Å²) in [7, 11) is 0. The first kappa shape index (κ1) is 13.9. The second-order valence-corrected chi connectivity index (χ2v) is 4.17. The summed E-state index contributed by atoms with van der Waals surface area (Å²) in [6, 6.07) is 6.91. The fourth-order valence-electron chi connectivity index (χ4n) is 1.82. The Morgan fingerprint density at radius 1 is 1.35 bits per heavy atom. The molecule has 106 valence electrons. The third-order valence-corrected chi connectivity index (χ3v) is 2.69. The molecule has 0 fully saturated rings. The summed E-state index contributed by atoms with van der Waals surface area (Å²) >= 11 is 0. The minimum absolute atomic E-state index is 0.164. The molecule has 2 amide bonds. The van der Waals surface area contributed by atoms with Crippen molar-refractivity contribution in [1.29, 1.82) is 0 Å². The molecule has 1 aromatic rings. The Morgan fingerprint density at radius 2 is 2.10 bits per heavy atom. The number of fused-ring (bicyclic) bond motifs is 1. The van der Waals surface area contributed by atoms with Crippen LogP contribution in [0.2, 0.25) is 0 Å². The summed E-state index contributed by atoms with van der Waals surface area (Å²) in [5, 5.41) is 0. The zero-order valence-corrected chi connectivity index (χ0v) is 10.7. The lowest BCUT2D eigenvalue weighted by molar-refractivity contribution is -0.146. The lowest BCUT2D eigenvalue weighted by atomic mass is 10.2. The van der Waals surface area contributed by atoms with E-state index in [4.69, 9.17) is 10.5 Å². The summed E-state index contributed by atoms with van der Waals surface area (Å²) in [6.07, 6.45) is 0.164. The van der Waals surface area contributed by atoms with E-state index in [1.165, 1.54) is 4.90 Å². The number of carbonyl (C=O) groups is 3. The van der Waals surface area contributed by atoms with Crippen LogP contribution < -0.4 is 15.4 Å². The predicted molar refractivity (Wildman–Crippen MR) is 69.1 cm³/mol. The molecule has 0 bridgehead atoms. The third kappa shape index (κ3) is 3.25. The summed E-state index contributed by atoms with van der Waals surface area (Å²) in [5.74, 6) is -1.16. The molecular formula is C13H14N2O5. The Bertz CT molecular complexity index is 543. The van der Waals surface area contributed by atoms with E-state index in [-0.39, 0.29) is 25.5 Å². The van der Waals surface area contributed by atoms with E-state index in [9.17, 15) is 14.4 Å². The fraction of sp³-hybridized carbons (Fsp3) is 0.308. The van der Waals surface area contributed by atoms with Crippen molar-refractivity contribution in [3.8, 4) is 5.75 Å². The van der Waals surface area contributed by atoms with Crippen molar-refractivity contribution >= 4 is 23.5 Å². The molecule has 1 aliphatic rings. The van der Waals surface area contributed by atoms with Gasteiger partial charge in [-0.25, -0.2) is 0 Å². The molecule has 1 aliphatic heterocycles. The number of benzene rings is 1. The van der Waals surface area contributed by atoms with Crippen molar-refractivity contribution in [2.75, 3.05) is 24.7 Å². The van der Waals surface area contributed by atoms with Crippen LogP contribution in [0.1, 0.15) is 6.42 Å². The van der Waals surface area contributed by atoms with E-state index in [2.05, 4.69) is 4.74 Å². The molecule has 1 heterocycles. The standard InChI is InChI=1S/C13H14N2O5/c14-11(16)8-20-13(18)7-15-9-3-1-2-4-10(9)19-6-5-12(15)17/h1-4H,5-8H2,(H2,14,16). The lowest BCUT2D eigenvalue weighted by Crippen LogP contribution is -2.37. The zero-order valence-electron chi connectivity index (χ0n) is 10.7. The topological polar surface area (TPSA) is 98.9 Å². The van der Waals surface area contributed by atoms with E-state index < -0.39 is 18.5 Å². The number of rotatable bonds is 4. The van der Waals surface area contributed by atoms with Crippen LogP contribution in [0.15, 0.2) is 24.3 Å². The van der Waals surface area contributed by atoms with E-state index >= 15 is 0 Å². The Morgan fingerprint density at radius 3 is 2.85 bits per heavy atom. The number of anilines is 1. The number of nitrogens with two attached hydrogens (primary N) is 1. The molecule has 2 rings (SSSR count). The van der Waals surface area contributed by atoms with Gasteiger partial charge in [0, 0.05) is 0 Å². The highest BCUT2D eigenvalue weighted by molar-refractivity contribution is 5.99. The molecule has 0 atom stereocenters. The predicted octanol–water partition coefficient (Wildman–Crippen LogP) is -0.169. The summed E-state index contributed by atoms with van der Waals surface area (Å²) < 4.78 is 10.1. The SMILES string of the molecule is NC(=O)COC(=O)CN1C(=O)CCOc2ccccc21. The van der Waals surface area contributed by atoms with E-state index in [0.29, 0.717) is 11.4 Å². The quantitative estimate of drug-likeness (QED) is 0.771. The second kappa shape index (κ2) is 6.05. The van der Waals surface area contributed by atoms with E-state index in [1.807, 2.05) is 0 Å². The minimum Gasteiger partial charge on any atom is -0.491 e. The van der Waals surface area contributed by atoms with Gasteiger partial charge in [0.05, 0.1) is 18.7 Å². The molecule has 2 N–H and O–H groups in total. The fourth-order valence-corrected chi connectivity index (χ4v) is 1.82. The monoisotopic (exact) mass is 278 g/mol. The van der Waals surface area contributed by atoms with Gasteiger partial charge >= 0.3 is 5.97 Å². The van der Waals surface area contributed by atoms with Crippen LogP contribution in [0.5, 0.6) is 5.75 Å². The van der Waals surface area contributed by atoms with Crippen LogP contribution in [-0.2, 0) is 19.1 Å². The highest BCUT2D eigenvalue weighted by Gasteiger charge is 2.25. The Hall–Kier alpha value is -2.57. The first-order valence-corrected chi connectivity index (χ1v) is 6.04. The number of hydrogen-bond acceptors (Lipinski definition) is 5. The maximum Gasteiger partial charge on any atom is 0.326 e. The van der Waals surface area contributed by atoms with Gasteiger partial charge in [-0.2, -0.15) is 0 Å². The average Bonchev–Trinajstić information content (AvgIpc) is 2.57. The summed E-state index contributed by atoms with van der Waals surface area (Å²) in [5.41, 5.74) is 5.39. The highest BCUT2D eigenvalue weighted by Crippen LogP contribution is 2.30. The average molecular weight is 278 g/mol. The highest BCUT2D eigenvalue weighted by atomic mass is 16.5. The molecule has 0 aliphatic carbocycles. The molecule has 0 unspecified atom stereocenters. The molecule has 20 heavy (non-hydrogen) atoms. The van der Waals surface area contributed by atoms with Gasteiger partial charge in [-0.1, -0.05) is 12.1 Å². The first-order chi connectivity index (χ1) is 9.58. The molecule has 0 aromatic heterocycles. The van der Waals surface area contributed by atoms with E-state index in [0.717, 1.165) is 0 Å². The molecule has 0 saturated heterocycles. The van der Waals surface area contributed by atoms with Crippen LogP contribution >= 0.6 is 0 Å². The van der Waals surface area contributed by atoms with Gasteiger partial charge in [0.2, 0.25) is 5.91 Å². The van der Waals surface area contributed by atoms with Crippen LogP contribution in [-0.4, -0.2) is 37.5 Å². The van der Waals surface area contributed by atoms with Crippen molar-refractivity contribution in [3.63, 3.8) is 0 Å². The summed E-state index contributed by atoms with van der Waals surface area (Å²) in [4.78, 5) is 35.5. The van der Waals surface area contributed by atoms with Crippen molar-refractivity contribution in [2.24, 2.45) is 5.73 Å². The number of hydrogen-bond donors (Lipinski definition) is 1. The minimum atomic E-state index is -0.746. The first-order valence-electron chi connectivity index (χ1n) is 6.04. The van der Waals surface area contributed by atoms with Gasteiger partial charge < -0.3 is 15.2 Å². The van der Waals surface area contributed by atoms with E-state index in [1.54, 1.807) is 24.3 Å². The van der Waals surface area contributed by atoms with Gasteiger partial charge in [-0.15, -0.1) is 0 Å². The van der Waals surface area contributed by atoms with Crippen LogP contribution in [0.3, 0.4) is 0 Å². The molecular weight excluding hydrogens is 264 g/mol. The smallest absolute Gasteiger partial charge is 0.326 e. The number of nitrogens with zero attached hydrogens (tertiary/aromatic N) is 1. The maximum atomic E-state index is 12.0. The molecule has 7 nitrogen and oxygen atoms in total. The maximum absolute atomic E-state index is 12.0. The second-order valence-electron chi connectivity index (χ2n) is 4.17. The van der Waals surface area contributed by atoms with Gasteiger partial charge in [-0.3, -0.25) is 19.3 Å². The van der Waals surface area contributed by atoms with Gasteiger partial charge in [0.15, 0.2) is 6.61 Å².